The van der Waals surface area contributed by atoms with Gasteiger partial charge in [0, 0.05) is 20.2 Å². The molecule has 1 N–H and O–H groups in total. The molecule has 5 heteroatoms. The van der Waals surface area contributed by atoms with Crippen LogP contribution in [0.2, 0.25) is 0 Å². The van der Waals surface area contributed by atoms with E-state index < -0.39 is 0 Å². The van der Waals surface area contributed by atoms with Gasteiger partial charge in [-0.1, -0.05) is 17.7 Å². The highest BCUT2D eigenvalue weighted by Crippen LogP contribution is 2.20. The van der Waals surface area contributed by atoms with Crippen molar-refractivity contribution in [2.45, 2.75) is 31.9 Å². The van der Waals surface area contributed by atoms with Crippen LogP contribution in [0.5, 0.6) is 5.75 Å². The molecular formula is C17H26N2O3. The van der Waals surface area contributed by atoms with E-state index in [1.165, 1.54) is 5.56 Å². The molecule has 1 heterocycles. The zero-order valence-corrected chi connectivity index (χ0v) is 13.9. The van der Waals surface area contributed by atoms with Gasteiger partial charge in [0.05, 0.1) is 19.3 Å². The number of nitrogens with zero attached hydrogens (tertiary/aromatic N) is 1. The average Bonchev–Trinajstić information content (AvgIpc) is 2.88. The molecule has 0 saturated carbocycles. The van der Waals surface area contributed by atoms with Crippen LogP contribution in [-0.2, 0) is 16.0 Å². The van der Waals surface area contributed by atoms with Crippen molar-refractivity contribution >= 4 is 5.91 Å². The van der Waals surface area contributed by atoms with E-state index in [2.05, 4.69) is 23.2 Å². The monoisotopic (exact) mass is 306 g/mol. The Hall–Kier alpha value is -1.59. The van der Waals surface area contributed by atoms with E-state index >= 15 is 0 Å². The lowest BCUT2D eigenvalue weighted by molar-refractivity contribution is -0.125. The first-order chi connectivity index (χ1) is 10.5. The molecule has 0 bridgehead atoms. The van der Waals surface area contributed by atoms with E-state index in [-0.39, 0.29) is 18.1 Å². The van der Waals surface area contributed by atoms with Crippen LogP contribution in [0.4, 0.5) is 0 Å². The molecule has 0 aliphatic carbocycles. The maximum atomic E-state index is 12.3. The number of likely N-dealkylation sites (tertiary alicyclic amines) is 1. The maximum absolute atomic E-state index is 12.3. The van der Waals surface area contributed by atoms with Gasteiger partial charge in [-0.15, -0.1) is 0 Å². The Morgan fingerprint density at radius 2 is 2.18 bits per heavy atom. The minimum Gasteiger partial charge on any atom is -0.496 e. The van der Waals surface area contributed by atoms with E-state index in [1.54, 1.807) is 14.2 Å². The third-order valence-corrected chi connectivity index (χ3v) is 4.28. The summed E-state index contributed by atoms with van der Waals surface area (Å²) in [5, 5.41) is 3.03. The van der Waals surface area contributed by atoms with Gasteiger partial charge in [-0.05, 0) is 38.4 Å². The van der Waals surface area contributed by atoms with Crippen molar-refractivity contribution in [1.82, 2.24) is 10.2 Å². The zero-order valence-electron chi connectivity index (χ0n) is 13.9. The lowest BCUT2D eigenvalue weighted by Crippen LogP contribution is -2.42. The quantitative estimate of drug-likeness (QED) is 0.863. The van der Waals surface area contributed by atoms with E-state index in [0.717, 1.165) is 30.7 Å². The molecule has 1 aromatic rings. The van der Waals surface area contributed by atoms with Gasteiger partial charge >= 0.3 is 0 Å². The molecule has 1 amide bonds. The molecule has 1 aromatic carbocycles. The van der Waals surface area contributed by atoms with E-state index in [1.807, 2.05) is 19.2 Å². The van der Waals surface area contributed by atoms with Crippen molar-refractivity contribution in [1.29, 1.82) is 0 Å². The summed E-state index contributed by atoms with van der Waals surface area (Å²) in [7, 11) is 5.33. The molecule has 22 heavy (non-hydrogen) atoms. The second-order valence-electron chi connectivity index (χ2n) is 5.91. The summed E-state index contributed by atoms with van der Waals surface area (Å²) >= 11 is 0. The van der Waals surface area contributed by atoms with Crippen molar-refractivity contribution < 1.29 is 14.3 Å². The summed E-state index contributed by atoms with van der Waals surface area (Å²) in [5.41, 5.74) is 2.32. The van der Waals surface area contributed by atoms with Crippen LogP contribution in [0.3, 0.4) is 0 Å². The molecule has 2 rings (SSSR count). The number of hydrogen-bond acceptors (Lipinski definition) is 4. The maximum Gasteiger partial charge on any atom is 0.237 e. The predicted molar refractivity (Wildman–Crippen MR) is 86.3 cm³/mol. The Balaban J connectivity index is 1.86. The molecule has 1 aliphatic heterocycles. The molecule has 1 aliphatic rings. The van der Waals surface area contributed by atoms with Gasteiger partial charge in [0.1, 0.15) is 5.75 Å². The van der Waals surface area contributed by atoms with Gasteiger partial charge in [-0.3, -0.25) is 9.69 Å². The molecule has 1 fully saturated rings. The first-order valence-corrected chi connectivity index (χ1v) is 7.69. The van der Waals surface area contributed by atoms with Crippen LogP contribution < -0.4 is 10.1 Å². The minimum atomic E-state index is -0.0932. The number of carbonyl (C=O) groups is 1. The number of amides is 1. The van der Waals surface area contributed by atoms with E-state index in [9.17, 15) is 4.79 Å². The Morgan fingerprint density at radius 1 is 1.41 bits per heavy atom. The Labute approximate surface area is 132 Å². The third kappa shape index (κ3) is 3.99. The largest absolute Gasteiger partial charge is 0.496 e. The Bertz CT molecular complexity index is 519. The highest BCUT2D eigenvalue weighted by Gasteiger charge is 2.34. The molecular weight excluding hydrogens is 280 g/mol. The number of aryl methyl sites for hydroxylation is 1. The molecule has 5 nitrogen and oxygen atoms in total. The summed E-state index contributed by atoms with van der Waals surface area (Å²) in [5.74, 6) is 0.950. The van der Waals surface area contributed by atoms with Crippen molar-refractivity contribution in [3.8, 4) is 5.75 Å². The van der Waals surface area contributed by atoms with Crippen LogP contribution in [-0.4, -0.2) is 57.3 Å². The fourth-order valence-electron chi connectivity index (χ4n) is 2.97. The first kappa shape index (κ1) is 16.8. The van der Waals surface area contributed by atoms with Crippen molar-refractivity contribution in [3.63, 3.8) is 0 Å². The SMILES string of the molecule is COc1ccc(C)cc1CCNC(=O)[C@@H]1C[C@H](OC)CN1C. The number of methoxy groups -OCH3 is 2. The number of likely N-dealkylation sites (N-methyl/N-ethyl adjacent to an activating group) is 1. The van der Waals surface area contributed by atoms with Gasteiger partial charge in [0.2, 0.25) is 5.91 Å². The molecule has 2 atom stereocenters. The summed E-state index contributed by atoms with van der Waals surface area (Å²) in [4.78, 5) is 14.3. The lowest BCUT2D eigenvalue weighted by Gasteiger charge is -2.18. The number of nitrogens with one attached hydrogen (secondary N) is 1. The van der Waals surface area contributed by atoms with Crippen molar-refractivity contribution in [3.05, 3.63) is 29.3 Å². The fraction of sp³-hybridized carbons (Fsp3) is 0.588. The number of rotatable bonds is 6. The van der Waals surface area contributed by atoms with Crippen molar-refractivity contribution in [2.75, 3.05) is 34.4 Å². The van der Waals surface area contributed by atoms with Crippen LogP contribution in [0.1, 0.15) is 17.5 Å². The summed E-state index contributed by atoms with van der Waals surface area (Å²) in [6, 6.07) is 6.01. The average molecular weight is 306 g/mol. The smallest absolute Gasteiger partial charge is 0.237 e. The molecule has 1 saturated heterocycles. The van der Waals surface area contributed by atoms with Gasteiger partial charge in [0.15, 0.2) is 0 Å². The van der Waals surface area contributed by atoms with Crippen LogP contribution in [0, 0.1) is 6.92 Å². The second-order valence-corrected chi connectivity index (χ2v) is 5.91. The summed E-state index contributed by atoms with van der Waals surface area (Å²) in [6.07, 6.45) is 1.67. The molecule has 0 aromatic heterocycles. The lowest BCUT2D eigenvalue weighted by atomic mass is 10.1. The predicted octanol–water partition coefficient (Wildman–Crippen LogP) is 1.38. The van der Waals surface area contributed by atoms with Gasteiger partial charge in [-0.2, -0.15) is 0 Å². The first-order valence-electron chi connectivity index (χ1n) is 7.69. The number of ether oxygens (including phenoxy) is 2. The molecule has 122 valence electrons. The minimum absolute atomic E-state index is 0.0775. The number of benzene rings is 1. The standard InChI is InChI=1S/C17H26N2O3/c1-12-5-6-16(22-4)13(9-12)7-8-18-17(20)15-10-14(21-3)11-19(15)2/h5-6,9,14-15H,7-8,10-11H2,1-4H3,(H,18,20)/t14-,15-/m0/s1. The summed E-state index contributed by atoms with van der Waals surface area (Å²) < 4.78 is 10.7. The Kier molecular flexibility index (Phi) is 5.80. The van der Waals surface area contributed by atoms with E-state index in [0.29, 0.717) is 6.54 Å². The Morgan fingerprint density at radius 3 is 2.82 bits per heavy atom. The second kappa shape index (κ2) is 7.61. The third-order valence-electron chi connectivity index (χ3n) is 4.28. The van der Waals surface area contributed by atoms with Crippen LogP contribution in [0.15, 0.2) is 18.2 Å². The van der Waals surface area contributed by atoms with Gasteiger partial charge in [0.25, 0.3) is 0 Å². The summed E-state index contributed by atoms with van der Waals surface area (Å²) in [6.45, 7) is 3.47. The van der Waals surface area contributed by atoms with E-state index in [4.69, 9.17) is 9.47 Å². The zero-order chi connectivity index (χ0) is 16.1. The van der Waals surface area contributed by atoms with Crippen molar-refractivity contribution in [2.24, 2.45) is 0 Å². The number of hydrogen-bond donors (Lipinski definition) is 1. The van der Waals surface area contributed by atoms with Crippen LogP contribution >= 0.6 is 0 Å². The topological polar surface area (TPSA) is 50.8 Å². The fourth-order valence-corrected chi connectivity index (χ4v) is 2.97. The van der Waals surface area contributed by atoms with Gasteiger partial charge in [-0.25, -0.2) is 0 Å². The molecule has 0 radical (unpaired) electrons. The van der Waals surface area contributed by atoms with Gasteiger partial charge < -0.3 is 14.8 Å². The van der Waals surface area contributed by atoms with Crippen LogP contribution in [0.25, 0.3) is 0 Å². The highest BCUT2D eigenvalue weighted by atomic mass is 16.5. The normalized spacial score (nSPS) is 21.8. The molecule has 0 unspecified atom stereocenters. The number of carbonyl (C=O) groups excluding carboxylic acids is 1. The highest BCUT2D eigenvalue weighted by molar-refractivity contribution is 5.82. The molecule has 0 spiro atoms.